The molecule has 1 aromatic rings. The molecule has 0 bridgehead atoms. The third-order valence-corrected chi connectivity index (χ3v) is 3.78. The minimum Gasteiger partial charge on any atom is -0.463 e. The molecule has 0 aliphatic rings. The second-order valence-electron chi connectivity index (χ2n) is 6.91. The van der Waals surface area contributed by atoms with Crippen molar-refractivity contribution in [1.82, 2.24) is 9.55 Å². The Morgan fingerprint density at radius 3 is 2.29 bits per heavy atom. The van der Waals surface area contributed by atoms with E-state index in [2.05, 4.69) is 4.98 Å². The topological polar surface area (TPSA) is 123 Å². The van der Waals surface area contributed by atoms with Crippen LogP contribution in [0.2, 0.25) is 0 Å². The van der Waals surface area contributed by atoms with Crippen LogP contribution < -0.4 is 11.4 Å². The second kappa shape index (κ2) is 10.7. The van der Waals surface area contributed by atoms with Gasteiger partial charge in [0.15, 0.2) is 6.23 Å². The molecule has 1 aromatic heterocycles. The third-order valence-electron chi connectivity index (χ3n) is 3.78. The summed E-state index contributed by atoms with van der Waals surface area (Å²) in [7, 11) is 0. The van der Waals surface area contributed by atoms with Crippen molar-refractivity contribution in [1.29, 1.82) is 0 Å². The van der Waals surface area contributed by atoms with Gasteiger partial charge in [-0.1, -0.05) is 27.7 Å². The third kappa shape index (κ3) is 6.91. The Morgan fingerprint density at radius 1 is 1.18 bits per heavy atom. The first-order valence-corrected chi connectivity index (χ1v) is 9.00. The molecule has 0 aliphatic heterocycles. The molecule has 0 fully saturated rings. The lowest BCUT2D eigenvalue weighted by Gasteiger charge is -2.28. The fraction of sp³-hybridized carbons (Fsp3) is 0.667. The van der Waals surface area contributed by atoms with E-state index in [4.69, 9.17) is 19.9 Å². The van der Waals surface area contributed by atoms with Gasteiger partial charge in [-0.25, -0.2) is 9.18 Å². The van der Waals surface area contributed by atoms with Gasteiger partial charge in [0.2, 0.25) is 0 Å². The summed E-state index contributed by atoms with van der Waals surface area (Å²) in [4.78, 5) is 39.2. The summed E-state index contributed by atoms with van der Waals surface area (Å²) in [5.74, 6) is -1.75. The number of anilines is 1. The number of nitrogens with two attached hydrogens (primary N) is 1. The van der Waals surface area contributed by atoms with E-state index in [-0.39, 0.29) is 24.3 Å². The van der Waals surface area contributed by atoms with Crippen molar-refractivity contribution in [2.24, 2.45) is 11.8 Å². The molecule has 0 amide bonds. The highest BCUT2D eigenvalue weighted by Gasteiger charge is 2.29. The molecule has 3 atom stereocenters. The zero-order valence-electron chi connectivity index (χ0n) is 16.8. The SMILES string of the molecule is CC(C)C(=O)OC[C@@H](O[C@H](CF)n1ccc(N)nc1=O)[C@@H](C)OC(=O)C(C)C. The first-order valence-electron chi connectivity index (χ1n) is 9.00. The van der Waals surface area contributed by atoms with E-state index in [9.17, 15) is 18.8 Å². The number of carbonyl (C=O) groups is 2. The van der Waals surface area contributed by atoms with E-state index in [0.717, 1.165) is 4.57 Å². The molecule has 0 unspecified atom stereocenters. The summed E-state index contributed by atoms with van der Waals surface area (Å²) in [6.07, 6.45) is -1.97. The Bertz CT molecular complexity index is 722. The predicted molar refractivity (Wildman–Crippen MR) is 99.0 cm³/mol. The second-order valence-corrected chi connectivity index (χ2v) is 6.91. The van der Waals surface area contributed by atoms with Gasteiger partial charge in [-0.05, 0) is 13.0 Å². The van der Waals surface area contributed by atoms with Crippen LogP contribution >= 0.6 is 0 Å². The number of hydrogen-bond donors (Lipinski definition) is 1. The van der Waals surface area contributed by atoms with Crippen molar-refractivity contribution in [2.75, 3.05) is 19.0 Å². The summed E-state index contributed by atoms with van der Waals surface area (Å²) in [6.45, 7) is 6.83. The Kier molecular flexibility index (Phi) is 9.04. The average molecular weight is 401 g/mol. The van der Waals surface area contributed by atoms with E-state index < -0.39 is 42.7 Å². The summed E-state index contributed by atoms with van der Waals surface area (Å²) < 4.78 is 30.6. The number of nitrogens with zero attached hydrogens (tertiary/aromatic N) is 2. The number of esters is 2. The summed E-state index contributed by atoms with van der Waals surface area (Å²) in [5, 5.41) is 0. The van der Waals surface area contributed by atoms with Crippen molar-refractivity contribution in [3.05, 3.63) is 22.7 Å². The van der Waals surface area contributed by atoms with Gasteiger partial charge < -0.3 is 19.9 Å². The fourth-order valence-corrected chi connectivity index (χ4v) is 2.03. The van der Waals surface area contributed by atoms with Crippen molar-refractivity contribution in [3.8, 4) is 0 Å². The van der Waals surface area contributed by atoms with Gasteiger partial charge in [0, 0.05) is 6.20 Å². The molecule has 0 radical (unpaired) electrons. The Morgan fingerprint density at radius 2 is 1.79 bits per heavy atom. The molecule has 0 aliphatic carbocycles. The highest BCUT2D eigenvalue weighted by atomic mass is 19.1. The van der Waals surface area contributed by atoms with E-state index in [0.29, 0.717) is 0 Å². The zero-order chi connectivity index (χ0) is 21.4. The first kappa shape index (κ1) is 23.5. The van der Waals surface area contributed by atoms with Crippen molar-refractivity contribution < 1.29 is 28.2 Å². The maximum atomic E-state index is 13.6. The number of carbonyl (C=O) groups excluding carboxylic acids is 2. The Labute approximate surface area is 163 Å². The van der Waals surface area contributed by atoms with E-state index in [1.54, 1.807) is 27.7 Å². The summed E-state index contributed by atoms with van der Waals surface area (Å²) >= 11 is 0. The Balaban J connectivity index is 3.01. The average Bonchev–Trinajstić information content (AvgIpc) is 2.62. The van der Waals surface area contributed by atoms with Crippen molar-refractivity contribution in [3.63, 3.8) is 0 Å². The van der Waals surface area contributed by atoms with Gasteiger partial charge in [-0.15, -0.1) is 0 Å². The lowest BCUT2D eigenvalue weighted by molar-refractivity contribution is -0.179. The molecule has 28 heavy (non-hydrogen) atoms. The number of alkyl halides is 1. The number of rotatable bonds is 10. The number of aromatic nitrogens is 2. The van der Waals surface area contributed by atoms with E-state index in [1.165, 1.54) is 19.2 Å². The normalized spacial score (nSPS) is 14.6. The lowest BCUT2D eigenvalue weighted by atomic mass is 10.2. The van der Waals surface area contributed by atoms with Gasteiger partial charge in [-0.3, -0.25) is 14.2 Å². The van der Waals surface area contributed by atoms with Crippen molar-refractivity contribution >= 4 is 17.8 Å². The summed E-state index contributed by atoms with van der Waals surface area (Å²) in [5.41, 5.74) is 4.64. The van der Waals surface area contributed by atoms with Gasteiger partial charge in [0.25, 0.3) is 0 Å². The molecule has 0 aromatic carbocycles. The number of hydrogen-bond acceptors (Lipinski definition) is 8. The van der Waals surface area contributed by atoms with Crippen LogP contribution in [0, 0.1) is 11.8 Å². The van der Waals surface area contributed by atoms with Crippen LogP contribution in [-0.4, -0.2) is 47.0 Å². The molecule has 0 saturated heterocycles. The van der Waals surface area contributed by atoms with Crippen molar-refractivity contribution in [2.45, 2.75) is 53.1 Å². The molecule has 2 N–H and O–H groups in total. The largest absolute Gasteiger partial charge is 0.463 e. The maximum Gasteiger partial charge on any atom is 0.351 e. The van der Waals surface area contributed by atoms with Crippen LogP contribution in [0.3, 0.4) is 0 Å². The monoisotopic (exact) mass is 401 g/mol. The van der Waals surface area contributed by atoms with Gasteiger partial charge in [0.1, 0.15) is 31.3 Å². The smallest absolute Gasteiger partial charge is 0.351 e. The predicted octanol–water partition coefficient (Wildman–Crippen LogP) is 1.47. The standard InChI is InChI=1S/C18H28FN3O6/c1-10(2)16(23)26-9-13(12(5)27-17(24)11(3)4)28-15(8-19)22-7-6-14(20)21-18(22)25/h6-7,10-13,15H,8-9H2,1-5H3,(H2,20,21,25)/t12-,13-,15-/m1/s1. The first-order chi connectivity index (χ1) is 13.1. The molecular formula is C18H28FN3O6. The minimum atomic E-state index is -1.36. The van der Waals surface area contributed by atoms with Crippen LogP contribution in [0.25, 0.3) is 0 Å². The number of halogens is 1. The van der Waals surface area contributed by atoms with Gasteiger partial charge in [-0.2, -0.15) is 4.98 Å². The van der Waals surface area contributed by atoms with Crippen LogP contribution in [0.5, 0.6) is 0 Å². The molecule has 1 rings (SSSR count). The highest BCUT2D eigenvalue weighted by molar-refractivity contribution is 5.72. The van der Waals surface area contributed by atoms with E-state index >= 15 is 0 Å². The number of nitrogen functional groups attached to an aromatic ring is 1. The van der Waals surface area contributed by atoms with Gasteiger partial charge in [0.05, 0.1) is 11.8 Å². The molecule has 0 spiro atoms. The zero-order valence-corrected chi connectivity index (χ0v) is 16.8. The number of ether oxygens (including phenoxy) is 3. The maximum absolute atomic E-state index is 13.6. The molecule has 1 heterocycles. The summed E-state index contributed by atoms with van der Waals surface area (Å²) in [6, 6.07) is 1.32. The molecule has 0 saturated carbocycles. The van der Waals surface area contributed by atoms with Crippen LogP contribution in [0.15, 0.2) is 17.1 Å². The van der Waals surface area contributed by atoms with E-state index in [1.807, 2.05) is 0 Å². The molecule has 10 heteroatoms. The lowest BCUT2D eigenvalue weighted by Crippen LogP contribution is -2.41. The fourth-order valence-electron chi connectivity index (χ4n) is 2.03. The minimum absolute atomic E-state index is 0.0134. The highest BCUT2D eigenvalue weighted by Crippen LogP contribution is 2.17. The molecular weight excluding hydrogens is 373 g/mol. The van der Waals surface area contributed by atoms with Crippen LogP contribution in [-0.2, 0) is 23.8 Å². The van der Waals surface area contributed by atoms with Crippen LogP contribution in [0.1, 0.15) is 40.8 Å². The quantitative estimate of drug-likeness (QED) is 0.585. The van der Waals surface area contributed by atoms with Crippen LogP contribution in [0.4, 0.5) is 10.2 Å². The van der Waals surface area contributed by atoms with Gasteiger partial charge >= 0.3 is 17.6 Å². The molecule has 9 nitrogen and oxygen atoms in total. The Hall–Kier alpha value is -2.49. The molecule has 158 valence electrons.